The molecule has 0 spiro atoms. The van der Waals surface area contributed by atoms with Crippen molar-refractivity contribution in [2.24, 2.45) is 5.92 Å². The van der Waals surface area contributed by atoms with Crippen LogP contribution in [0.2, 0.25) is 5.02 Å². The normalized spacial score (nSPS) is 18.8. The van der Waals surface area contributed by atoms with Crippen molar-refractivity contribution in [3.63, 3.8) is 0 Å². The Morgan fingerprint density at radius 2 is 1.76 bits per heavy atom. The van der Waals surface area contributed by atoms with Crippen LogP contribution in [0.4, 0.5) is 0 Å². The Bertz CT molecular complexity index is 1050. The number of nitrogens with zero attached hydrogens (tertiary/aromatic N) is 1. The van der Waals surface area contributed by atoms with Gasteiger partial charge >= 0.3 is 0 Å². The van der Waals surface area contributed by atoms with Gasteiger partial charge in [-0.2, -0.15) is 0 Å². The second-order valence-corrected chi connectivity index (χ2v) is 10.1. The summed E-state index contributed by atoms with van der Waals surface area (Å²) in [5.41, 5.74) is 2.79. The highest BCUT2D eigenvalue weighted by molar-refractivity contribution is 6.33. The number of rotatable bonds is 4. The molecule has 29 heavy (non-hydrogen) atoms. The van der Waals surface area contributed by atoms with Crippen molar-refractivity contribution in [2.75, 3.05) is 0 Å². The summed E-state index contributed by atoms with van der Waals surface area (Å²) >= 11 is 6.62. The molecule has 1 aromatic heterocycles. The Morgan fingerprint density at radius 1 is 1.07 bits per heavy atom. The number of piperidine rings is 1. The van der Waals surface area contributed by atoms with E-state index in [9.17, 15) is 4.79 Å². The number of nitrogens with one attached hydrogen (secondary N) is 1. The number of hydrogen-bond acceptors (Lipinski definition) is 2. The molecule has 152 valence electrons. The maximum atomic E-state index is 13.0. The molecule has 2 aromatic carbocycles. The maximum Gasteiger partial charge on any atom is 0.163 e. The number of carbonyl (C=O) groups excluding carboxylic acids is 1. The topological polar surface area (TPSA) is 34.0 Å². The number of aromatic nitrogens is 1. The highest BCUT2D eigenvalue weighted by Crippen LogP contribution is 2.35. The molecule has 1 aliphatic rings. The Hall–Kier alpha value is -2.10. The summed E-state index contributed by atoms with van der Waals surface area (Å²) in [6.07, 6.45) is 4.59. The largest absolute Gasteiger partial charge is 0.315 e. The van der Waals surface area contributed by atoms with E-state index in [1.807, 2.05) is 36.5 Å². The van der Waals surface area contributed by atoms with Gasteiger partial charge in [0, 0.05) is 29.3 Å². The molecule has 1 saturated heterocycles. The molecule has 0 bridgehead atoms. The molecule has 1 fully saturated rings. The second kappa shape index (κ2) is 7.30. The highest BCUT2D eigenvalue weighted by atomic mass is 35.5. The molecule has 0 amide bonds. The number of hydrogen-bond donors (Lipinski definition) is 1. The van der Waals surface area contributed by atoms with E-state index in [-0.39, 0.29) is 16.9 Å². The molecule has 0 unspecified atom stereocenters. The molecule has 1 N–H and O–H groups in total. The van der Waals surface area contributed by atoms with E-state index in [0.29, 0.717) is 22.9 Å². The van der Waals surface area contributed by atoms with Crippen molar-refractivity contribution in [3.8, 4) is 5.69 Å². The minimum Gasteiger partial charge on any atom is -0.315 e. The molecular weight excluding hydrogens is 380 g/mol. The molecule has 2 heterocycles. The van der Waals surface area contributed by atoms with Crippen LogP contribution in [0.5, 0.6) is 0 Å². The molecule has 3 aromatic rings. The van der Waals surface area contributed by atoms with Crippen molar-refractivity contribution in [1.82, 2.24) is 9.88 Å². The molecule has 3 nitrogen and oxygen atoms in total. The Kier molecular flexibility index (Phi) is 5.08. The van der Waals surface area contributed by atoms with Crippen molar-refractivity contribution >= 4 is 28.3 Å². The van der Waals surface area contributed by atoms with Gasteiger partial charge in [0.2, 0.25) is 0 Å². The Morgan fingerprint density at radius 3 is 2.45 bits per heavy atom. The smallest absolute Gasteiger partial charge is 0.163 e. The molecular formula is C25H29ClN2O. The van der Waals surface area contributed by atoms with Crippen LogP contribution in [0.25, 0.3) is 16.6 Å². The van der Waals surface area contributed by atoms with Gasteiger partial charge in [0.25, 0.3) is 0 Å². The zero-order chi connectivity index (χ0) is 20.8. The zero-order valence-corrected chi connectivity index (χ0v) is 18.4. The van der Waals surface area contributed by atoms with Gasteiger partial charge in [-0.1, -0.05) is 29.8 Å². The quantitative estimate of drug-likeness (QED) is 0.506. The molecule has 0 radical (unpaired) electrons. The second-order valence-electron chi connectivity index (χ2n) is 9.71. The summed E-state index contributed by atoms with van der Waals surface area (Å²) in [5.74, 6) is 0.551. The number of halogens is 1. The first-order chi connectivity index (χ1) is 13.6. The lowest BCUT2D eigenvalue weighted by Gasteiger charge is -2.46. The number of benzene rings is 2. The van der Waals surface area contributed by atoms with Gasteiger partial charge in [0.05, 0.1) is 16.2 Å². The van der Waals surface area contributed by atoms with Crippen LogP contribution in [0.1, 0.15) is 57.3 Å². The van der Waals surface area contributed by atoms with Crippen LogP contribution in [-0.4, -0.2) is 21.4 Å². The zero-order valence-electron chi connectivity index (χ0n) is 17.6. The van der Waals surface area contributed by atoms with Gasteiger partial charge in [0.15, 0.2) is 5.78 Å². The first kappa shape index (κ1) is 20.2. The molecule has 0 saturated carbocycles. The van der Waals surface area contributed by atoms with E-state index in [1.54, 1.807) is 0 Å². The van der Waals surface area contributed by atoms with Crippen LogP contribution in [0.3, 0.4) is 0 Å². The number of fused-ring (bicyclic) bond motifs is 1. The predicted octanol–water partition coefficient (Wildman–Crippen LogP) is 6.41. The van der Waals surface area contributed by atoms with Crippen molar-refractivity contribution < 1.29 is 4.79 Å². The van der Waals surface area contributed by atoms with Crippen LogP contribution in [-0.2, 0) is 0 Å². The van der Waals surface area contributed by atoms with Gasteiger partial charge < -0.3 is 9.88 Å². The molecule has 0 aliphatic carbocycles. The van der Waals surface area contributed by atoms with Gasteiger partial charge in [-0.3, -0.25) is 4.79 Å². The standard InChI is InChI=1S/C25H29ClN2O/c1-24(2)15-17(16-25(3,4)27-24)13-23(29)19-9-10-22(20(26)14-19)28-12-11-18-7-5-6-8-21(18)28/h5-12,14,17,27H,13,15-16H2,1-4H3. The summed E-state index contributed by atoms with van der Waals surface area (Å²) in [7, 11) is 0. The first-order valence-corrected chi connectivity index (χ1v) is 10.7. The van der Waals surface area contributed by atoms with E-state index < -0.39 is 0 Å². The molecule has 0 atom stereocenters. The minimum absolute atomic E-state index is 0.0453. The SMILES string of the molecule is CC1(C)CC(CC(=O)c2ccc(-n3ccc4ccccc43)c(Cl)c2)CC(C)(C)N1. The number of carbonyl (C=O) groups is 1. The minimum atomic E-state index is 0.0453. The summed E-state index contributed by atoms with van der Waals surface area (Å²) in [6, 6.07) is 16.0. The third kappa shape index (κ3) is 4.26. The van der Waals surface area contributed by atoms with Crippen LogP contribution < -0.4 is 5.32 Å². The average Bonchev–Trinajstić information content (AvgIpc) is 3.02. The molecule has 4 heteroatoms. The van der Waals surface area contributed by atoms with E-state index in [4.69, 9.17) is 11.6 Å². The van der Waals surface area contributed by atoms with Crippen LogP contribution in [0, 0.1) is 5.92 Å². The summed E-state index contributed by atoms with van der Waals surface area (Å²) < 4.78 is 2.07. The predicted molar refractivity (Wildman–Crippen MR) is 121 cm³/mol. The van der Waals surface area contributed by atoms with Crippen molar-refractivity contribution in [1.29, 1.82) is 0 Å². The van der Waals surface area contributed by atoms with E-state index >= 15 is 0 Å². The first-order valence-electron chi connectivity index (χ1n) is 10.3. The number of Topliss-reactive ketones (excluding diaryl/α,β-unsaturated/α-hetero) is 1. The lowest BCUT2D eigenvalue weighted by atomic mass is 9.74. The Labute approximate surface area is 178 Å². The molecule has 4 rings (SSSR count). The number of para-hydroxylation sites is 1. The van der Waals surface area contributed by atoms with E-state index in [2.05, 4.69) is 55.8 Å². The maximum absolute atomic E-state index is 13.0. The Balaban J connectivity index is 1.56. The fraction of sp³-hybridized carbons (Fsp3) is 0.400. The lowest BCUT2D eigenvalue weighted by Crippen LogP contribution is -2.57. The fourth-order valence-corrected chi connectivity index (χ4v) is 5.50. The van der Waals surface area contributed by atoms with E-state index in [0.717, 1.165) is 24.0 Å². The number of ketones is 1. The summed E-state index contributed by atoms with van der Waals surface area (Å²) in [5, 5.41) is 5.45. The van der Waals surface area contributed by atoms with E-state index in [1.165, 1.54) is 5.39 Å². The van der Waals surface area contributed by atoms with Crippen LogP contribution >= 0.6 is 11.6 Å². The highest BCUT2D eigenvalue weighted by Gasteiger charge is 2.38. The van der Waals surface area contributed by atoms with Gasteiger partial charge in [-0.05, 0) is 82.2 Å². The van der Waals surface area contributed by atoms with Gasteiger partial charge in [-0.25, -0.2) is 0 Å². The van der Waals surface area contributed by atoms with Gasteiger partial charge in [-0.15, -0.1) is 0 Å². The summed E-state index contributed by atoms with van der Waals surface area (Å²) in [6.45, 7) is 8.88. The van der Waals surface area contributed by atoms with Gasteiger partial charge in [0.1, 0.15) is 0 Å². The van der Waals surface area contributed by atoms with Crippen molar-refractivity contribution in [2.45, 2.75) is 58.0 Å². The third-order valence-corrected chi connectivity index (χ3v) is 6.18. The fourth-order valence-electron chi connectivity index (χ4n) is 5.23. The lowest BCUT2D eigenvalue weighted by molar-refractivity contribution is 0.0864. The van der Waals surface area contributed by atoms with Crippen molar-refractivity contribution in [3.05, 3.63) is 65.3 Å². The third-order valence-electron chi connectivity index (χ3n) is 5.88. The molecule has 1 aliphatic heterocycles. The monoisotopic (exact) mass is 408 g/mol. The van der Waals surface area contributed by atoms with Crippen LogP contribution in [0.15, 0.2) is 54.7 Å². The summed E-state index contributed by atoms with van der Waals surface area (Å²) in [4.78, 5) is 13.0. The average molecular weight is 409 g/mol.